The Morgan fingerprint density at radius 2 is 1.59 bits per heavy atom. The van der Waals surface area contributed by atoms with E-state index in [1.807, 2.05) is 0 Å². The number of rotatable bonds is 2. The quantitative estimate of drug-likeness (QED) is 0.258. The van der Waals surface area contributed by atoms with E-state index in [2.05, 4.69) is 4.28 Å². The largest absolute Gasteiger partial charge is 0.528 e. The van der Waals surface area contributed by atoms with E-state index >= 15 is 0 Å². The predicted octanol–water partition coefficient (Wildman–Crippen LogP) is 2.78. The third-order valence-electron chi connectivity index (χ3n) is 2.14. The van der Waals surface area contributed by atoms with Crippen LogP contribution in [0, 0.1) is 0 Å². The van der Waals surface area contributed by atoms with Gasteiger partial charge in [-0.2, -0.15) is 21.6 Å². The zero-order chi connectivity index (χ0) is 13.5. The number of halogens is 6. The molecule has 11 heteroatoms. The van der Waals surface area contributed by atoms with Crippen molar-refractivity contribution >= 4 is 33.3 Å². The summed E-state index contributed by atoms with van der Waals surface area (Å²) in [5.74, 6) is 0. The van der Waals surface area contributed by atoms with Crippen LogP contribution in [0.1, 0.15) is 19.3 Å². The smallest absolute Gasteiger partial charge is 0.184 e. The van der Waals surface area contributed by atoms with Gasteiger partial charge in [0, 0.05) is 17.3 Å². The second kappa shape index (κ2) is 4.69. The third-order valence-corrected chi connectivity index (χ3v) is 4.10. The van der Waals surface area contributed by atoms with Gasteiger partial charge in [-0.05, 0) is 10.7 Å². The van der Waals surface area contributed by atoms with Crippen molar-refractivity contribution in [1.29, 1.82) is 0 Å². The van der Waals surface area contributed by atoms with Gasteiger partial charge in [-0.1, -0.05) is 23.2 Å². The van der Waals surface area contributed by atoms with Crippen LogP contribution in [-0.4, -0.2) is 29.8 Å². The van der Waals surface area contributed by atoms with Crippen molar-refractivity contribution < 1.29 is 35.2 Å². The zero-order valence-corrected chi connectivity index (χ0v) is 10.5. The number of alkyl halides is 5. The first-order chi connectivity index (χ1) is 7.51. The van der Waals surface area contributed by atoms with Crippen LogP contribution in [0.25, 0.3) is 0 Å². The maximum Gasteiger partial charge on any atom is 0.528 e. The fourth-order valence-corrected chi connectivity index (χ4v) is 2.67. The Balaban J connectivity index is 2.99. The average Bonchev–Trinajstić information content (AvgIpc) is 2.12. The monoisotopic (exact) mass is 320 g/mol. The molecule has 0 aromatic rings. The van der Waals surface area contributed by atoms with Crippen molar-refractivity contribution in [1.82, 2.24) is 0 Å². The third kappa shape index (κ3) is 2.95. The molecule has 0 aliphatic carbocycles. The molecule has 0 aromatic carbocycles. The summed E-state index contributed by atoms with van der Waals surface area (Å²) < 4.78 is 75.0. The Labute approximate surface area is 105 Å². The van der Waals surface area contributed by atoms with E-state index in [1.165, 1.54) is 0 Å². The van der Waals surface area contributed by atoms with Gasteiger partial charge in [-0.25, -0.2) is 0 Å². The van der Waals surface area contributed by atoms with Crippen molar-refractivity contribution in [3.05, 3.63) is 0 Å². The molecule has 102 valence electrons. The Morgan fingerprint density at radius 1 is 1.18 bits per heavy atom. The number of nitrogens with zero attached hydrogens (tertiary/aromatic N) is 1. The second-order valence-electron chi connectivity index (χ2n) is 3.40. The van der Waals surface area contributed by atoms with E-state index < -0.39 is 31.5 Å². The molecule has 4 nitrogen and oxygen atoms in total. The van der Waals surface area contributed by atoms with Crippen molar-refractivity contribution in [3.63, 3.8) is 0 Å². The van der Waals surface area contributed by atoms with E-state index in [9.17, 15) is 26.1 Å². The van der Waals surface area contributed by atoms with Gasteiger partial charge >= 0.3 is 15.6 Å². The van der Waals surface area contributed by atoms with Gasteiger partial charge in [0.15, 0.2) is 0 Å². The summed E-state index contributed by atoms with van der Waals surface area (Å²) in [4.78, 5) is -2.51. The molecular weight excluding hydrogens is 313 g/mol. The fraction of sp³-hybridized carbons (Fsp3) is 1.00. The molecule has 1 saturated heterocycles. The SMILES string of the molecule is O=S(=O)(O[N+]1(F)C(Cl)CCCC1Cl)C(F)(F)F. The van der Waals surface area contributed by atoms with Crippen LogP contribution < -0.4 is 0 Å². The minimum absolute atomic E-state index is 0.0470. The van der Waals surface area contributed by atoms with Gasteiger partial charge in [0.2, 0.25) is 11.0 Å². The fourth-order valence-electron chi connectivity index (χ4n) is 1.27. The van der Waals surface area contributed by atoms with Crippen molar-refractivity contribution in [2.75, 3.05) is 0 Å². The minimum Gasteiger partial charge on any atom is -0.184 e. The van der Waals surface area contributed by atoms with Crippen LogP contribution in [0.15, 0.2) is 0 Å². The Bertz CT molecular complexity index is 377. The lowest BCUT2D eigenvalue weighted by Crippen LogP contribution is -2.55. The summed E-state index contributed by atoms with van der Waals surface area (Å²) in [6, 6.07) is 0. The Hall–Kier alpha value is 0.170. The Morgan fingerprint density at radius 3 is 1.94 bits per heavy atom. The van der Waals surface area contributed by atoms with Gasteiger partial charge in [-0.15, -0.1) is 0 Å². The van der Waals surface area contributed by atoms with Crippen LogP contribution in [0.2, 0.25) is 0 Å². The molecule has 0 N–H and O–H groups in total. The number of hydroxylamine groups is 2. The highest BCUT2D eigenvalue weighted by atomic mass is 35.5. The molecule has 0 bridgehead atoms. The average molecular weight is 321 g/mol. The molecule has 17 heavy (non-hydrogen) atoms. The predicted molar refractivity (Wildman–Crippen MR) is 50.6 cm³/mol. The lowest BCUT2D eigenvalue weighted by Gasteiger charge is -2.33. The van der Waals surface area contributed by atoms with Crippen LogP contribution in [0.4, 0.5) is 17.7 Å². The molecule has 0 saturated carbocycles. The van der Waals surface area contributed by atoms with Crippen LogP contribution >= 0.6 is 23.2 Å². The molecule has 1 aliphatic rings. The van der Waals surface area contributed by atoms with Gasteiger partial charge in [0.05, 0.1) is 4.87 Å². The number of quaternary nitrogens is 1. The summed E-state index contributed by atoms with van der Waals surface area (Å²) in [6.07, 6.45) is 0.269. The van der Waals surface area contributed by atoms with Crippen LogP contribution in [0.3, 0.4) is 0 Å². The number of hydrogen-bond donors (Lipinski definition) is 0. The van der Waals surface area contributed by atoms with E-state index in [4.69, 9.17) is 23.2 Å². The highest BCUT2D eigenvalue weighted by Crippen LogP contribution is 2.40. The summed E-state index contributed by atoms with van der Waals surface area (Å²) in [5, 5.41) is 0. The van der Waals surface area contributed by atoms with Gasteiger partial charge < -0.3 is 0 Å². The first-order valence-corrected chi connectivity index (χ1v) is 6.67. The molecular formula is C6H8Cl2F4NO3S+. The molecule has 2 atom stereocenters. The highest BCUT2D eigenvalue weighted by molar-refractivity contribution is 7.87. The molecule has 1 aliphatic heterocycles. The summed E-state index contributed by atoms with van der Waals surface area (Å²) in [5.41, 5.74) is -8.94. The van der Waals surface area contributed by atoms with Gasteiger partial charge in [-0.3, -0.25) is 0 Å². The molecule has 1 fully saturated rings. The standard InChI is InChI=1S/C6H8Cl2F4NO3S/c7-4-2-1-3-5(8)13(4,12)16-17(14,15)6(9,10)11/h4-5H,1-3H2/q+1. The zero-order valence-electron chi connectivity index (χ0n) is 8.12. The highest BCUT2D eigenvalue weighted by Gasteiger charge is 2.60. The first kappa shape index (κ1) is 15.2. The summed E-state index contributed by atoms with van der Waals surface area (Å²) >= 11 is 10.9. The Kier molecular flexibility index (Phi) is 4.20. The molecule has 0 spiro atoms. The molecule has 0 aromatic heterocycles. The summed E-state index contributed by atoms with van der Waals surface area (Å²) in [7, 11) is -6.09. The number of hydrogen-bond acceptors (Lipinski definition) is 3. The normalized spacial score (nSPS) is 35.9. The van der Waals surface area contributed by atoms with Crippen LogP contribution in [0.5, 0.6) is 0 Å². The molecule has 0 amide bonds. The molecule has 2 unspecified atom stereocenters. The summed E-state index contributed by atoms with van der Waals surface area (Å²) in [6.45, 7) is 0. The first-order valence-electron chi connectivity index (χ1n) is 4.39. The van der Waals surface area contributed by atoms with Crippen LogP contribution in [-0.2, 0) is 14.4 Å². The minimum atomic E-state index is -6.09. The van der Waals surface area contributed by atoms with E-state index in [1.54, 1.807) is 0 Å². The van der Waals surface area contributed by atoms with Gasteiger partial charge in [0.25, 0.3) is 0 Å². The van der Waals surface area contributed by atoms with Crippen molar-refractivity contribution in [2.45, 2.75) is 35.8 Å². The molecule has 0 radical (unpaired) electrons. The van der Waals surface area contributed by atoms with E-state index in [0.717, 1.165) is 0 Å². The van der Waals surface area contributed by atoms with Crippen molar-refractivity contribution in [2.24, 2.45) is 0 Å². The molecule has 1 heterocycles. The lowest BCUT2D eigenvalue weighted by molar-refractivity contribution is -1.21. The van der Waals surface area contributed by atoms with E-state index in [0.29, 0.717) is 6.42 Å². The maximum absolute atomic E-state index is 14.0. The van der Waals surface area contributed by atoms with Crippen molar-refractivity contribution in [3.8, 4) is 0 Å². The number of piperidine rings is 1. The second-order valence-corrected chi connectivity index (χ2v) is 5.93. The molecule has 1 rings (SSSR count). The van der Waals surface area contributed by atoms with E-state index in [-0.39, 0.29) is 12.8 Å². The topological polar surface area (TPSA) is 43.4 Å². The lowest BCUT2D eigenvalue weighted by atomic mass is 10.1. The van der Waals surface area contributed by atoms with Gasteiger partial charge in [0.1, 0.15) is 0 Å². The maximum atomic E-state index is 14.0.